The Labute approximate surface area is 90.0 Å². The quantitative estimate of drug-likeness (QED) is 0.642. The maximum atomic E-state index is 3.71. The fourth-order valence-corrected chi connectivity index (χ4v) is 3.09. The van der Waals surface area contributed by atoms with Crippen LogP contribution in [0.25, 0.3) is 0 Å². The fourth-order valence-electron chi connectivity index (χ4n) is 2.68. The van der Waals surface area contributed by atoms with E-state index in [1.165, 1.54) is 58.0 Å². The average molecular weight is 246 g/mol. The minimum atomic E-state index is 0.798. The Balaban J connectivity index is 1.79. The lowest BCUT2D eigenvalue weighted by Crippen LogP contribution is -2.42. The number of halogens is 1. The van der Waals surface area contributed by atoms with E-state index in [1.807, 2.05) is 0 Å². The second-order valence-electron chi connectivity index (χ2n) is 4.50. The molecule has 1 saturated heterocycles. The standard InChI is InChI=1S/C11H20BrN/c12-10-6-8-13(9-7-10)11-4-2-1-3-5-11/h10-11H,1-9H2. The molecule has 2 heteroatoms. The summed E-state index contributed by atoms with van der Waals surface area (Å²) < 4.78 is 0. The SMILES string of the molecule is BrC1CCN(C2CCCCC2)CC1. The minimum Gasteiger partial charge on any atom is -0.300 e. The van der Waals surface area contributed by atoms with Crippen LogP contribution < -0.4 is 0 Å². The smallest absolute Gasteiger partial charge is 0.0170 e. The molecule has 0 radical (unpaired) electrons. The summed E-state index contributed by atoms with van der Waals surface area (Å²) >= 11 is 3.71. The maximum absolute atomic E-state index is 3.71. The topological polar surface area (TPSA) is 3.24 Å². The van der Waals surface area contributed by atoms with Gasteiger partial charge in [0.1, 0.15) is 0 Å². The lowest BCUT2D eigenvalue weighted by Gasteiger charge is -2.38. The number of likely N-dealkylation sites (tertiary alicyclic amines) is 1. The molecule has 0 spiro atoms. The van der Waals surface area contributed by atoms with Crippen LogP contribution in [0.4, 0.5) is 0 Å². The number of piperidine rings is 1. The van der Waals surface area contributed by atoms with E-state index in [2.05, 4.69) is 20.8 Å². The van der Waals surface area contributed by atoms with Gasteiger partial charge in [-0.1, -0.05) is 35.2 Å². The highest BCUT2D eigenvalue weighted by Crippen LogP contribution is 2.26. The molecule has 0 bridgehead atoms. The fraction of sp³-hybridized carbons (Fsp3) is 1.00. The zero-order chi connectivity index (χ0) is 9.10. The molecule has 0 atom stereocenters. The van der Waals surface area contributed by atoms with E-state index >= 15 is 0 Å². The summed E-state index contributed by atoms with van der Waals surface area (Å²) in [5.74, 6) is 0. The van der Waals surface area contributed by atoms with Gasteiger partial charge in [-0.05, 0) is 38.8 Å². The molecule has 1 heterocycles. The van der Waals surface area contributed by atoms with Crippen LogP contribution in [0, 0.1) is 0 Å². The number of nitrogens with zero attached hydrogens (tertiary/aromatic N) is 1. The summed E-state index contributed by atoms with van der Waals surface area (Å²) in [6, 6.07) is 0.939. The Kier molecular flexibility index (Phi) is 3.67. The van der Waals surface area contributed by atoms with Crippen molar-refractivity contribution in [1.82, 2.24) is 4.90 Å². The van der Waals surface area contributed by atoms with Crippen molar-refractivity contribution in [2.24, 2.45) is 0 Å². The normalized spacial score (nSPS) is 29.3. The molecule has 0 amide bonds. The molecule has 2 rings (SSSR count). The highest BCUT2D eigenvalue weighted by Gasteiger charge is 2.24. The van der Waals surface area contributed by atoms with Crippen LogP contribution in [-0.2, 0) is 0 Å². The number of rotatable bonds is 1. The monoisotopic (exact) mass is 245 g/mol. The van der Waals surface area contributed by atoms with Gasteiger partial charge in [0.05, 0.1) is 0 Å². The van der Waals surface area contributed by atoms with Gasteiger partial charge in [0.15, 0.2) is 0 Å². The number of hydrogen-bond acceptors (Lipinski definition) is 1. The van der Waals surface area contributed by atoms with Gasteiger partial charge >= 0.3 is 0 Å². The van der Waals surface area contributed by atoms with Crippen LogP contribution in [-0.4, -0.2) is 28.9 Å². The van der Waals surface area contributed by atoms with Gasteiger partial charge in [-0.3, -0.25) is 0 Å². The molecule has 0 aromatic rings. The van der Waals surface area contributed by atoms with Crippen molar-refractivity contribution < 1.29 is 0 Å². The molecule has 2 aliphatic rings. The Bertz CT molecular complexity index is 146. The van der Waals surface area contributed by atoms with Gasteiger partial charge < -0.3 is 4.90 Å². The lowest BCUT2D eigenvalue weighted by atomic mass is 9.93. The van der Waals surface area contributed by atoms with Crippen LogP contribution >= 0.6 is 15.9 Å². The Morgan fingerprint density at radius 1 is 0.846 bits per heavy atom. The molecule has 0 N–H and O–H groups in total. The first-order valence-corrected chi connectivity index (χ1v) is 6.66. The van der Waals surface area contributed by atoms with Crippen molar-refractivity contribution >= 4 is 15.9 Å². The summed E-state index contributed by atoms with van der Waals surface area (Å²) in [5.41, 5.74) is 0. The van der Waals surface area contributed by atoms with E-state index in [4.69, 9.17) is 0 Å². The molecule has 76 valence electrons. The third kappa shape index (κ3) is 2.69. The molecular formula is C11H20BrN. The van der Waals surface area contributed by atoms with E-state index in [9.17, 15) is 0 Å². The molecular weight excluding hydrogens is 226 g/mol. The van der Waals surface area contributed by atoms with E-state index in [1.54, 1.807) is 0 Å². The van der Waals surface area contributed by atoms with Crippen LogP contribution in [0.1, 0.15) is 44.9 Å². The predicted molar refractivity (Wildman–Crippen MR) is 60.4 cm³/mol. The van der Waals surface area contributed by atoms with Crippen LogP contribution in [0.3, 0.4) is 0 Å². The summed E-state index contributed by atoms with van der Waals surface area (Å²) in [6.45, 7) is 2.67. The summed E-state index contributed by atoms with van der Waals surface area (Å²) in [4.78, 5) is 3.53. The predicted octanol–water partition coefficient (Wildman–Crippen LogP) is 3.18. The first-order valence-electron chi connectivity index (χ1n) is 5.74. The highest BCUT2D eigenvalue weighted by atomic mass is 79.9. The van der Waals surface area contributed by atoms with Crippen molar-refractivity contribution in [3.05, 3.63) is 0 Å². The zero-order valence-electron chi connectivity index (χ0n) is 8.34. The number of alkyl halides is 1. The minimum absolute atomic E-state index is 0.798. The Morgan fingerprint density at radius 2 is 1.46 bits per heavy atom. The van der Waals surface area contributed by atoms with E-state index < -0.39 is 0 Å². The van der Waals surface area contributed by atoms with Crippen molar-refractivity contribution in [2.45, 2.75) is 55.8 Å². The molecule has 13 heavy (non-hydrogen) atoms. The largest absolute Gasteiger partial charge is 0.300 e. The van der Waals surface area contributed by atoms with E-state index in [-0.39, 0.29) is 0 Å². The zero-order valence-corrected chi connectivity index (χ0v) is 9.93. The molecule has 1 nitrogen and oxygen atoms in total. The van der Waals surface area contributed by atoms with Gasteiger partial charge in [-0.25, -0.2) is 0 Å². The lowest BCUT2D eigenvalue weighted by molar-refractivity contribution is 0.133. The van der Waals surface area contributed by atoms with E-state index in [0.717, 1.165) is 10.9 Å². The van der Waals surface area contributed by atoms with E-state index in [0.29, 0.717) is 0 Å². The molecule has 1 saturated carbocycles. The third-order valence-corrected chi connectivity index (χ3v) is 4.47. The summed E-state index contributed by atoms with van der Waals surface area (Å²) in [6.07, 6.45) is 10.1. The van der Waals surface area contributed by atoms with Crippen molar-refractivity contribution in [3.8, 4) is 0 Å². The molecule has 1 aliphatic heterocycles. The van der Waals surface area contributed by atoms with Gasteiger partial charge in [0.2, 0.25) is 0 Å². The second kappa shape index (κ2) is 4.79. The van der Waals surface area contributed by atoms with Crippen molar-refractivity contribution in [3.63, 3.8) is 0 Å². The first-order chi connectivity index (χ1) is 6.36. The second-order valence-corrected chi connectivity index (χ2v) is 5.80. The molecule has 2 fully saturated rings. The van der Waals surface area contributed by atoms with Crippen LogP contribution in [0.5, 0.6) is 0 Å². The molecule has 0 unspecified atom stereocenters. The van der Waals surface area contributed by atoms with Crippen molar-refractivity contribution in [2.75, 3.05) is 13.1 Å². The first kappa shape index (κ1) is 9.97. The summed E-state index contributed by atoms with van der Waals surface area (Å²) in [7, 11) is 0. The van der Waals surface area contributed by atoms with Crippen molar-refractivity contribution in [1.29, 1.82) is 0 Å². The van der Waals surface area contributed by atoms with Gasteiger partial charge in [-0.15, -0.1) is 0 Å². The van der Waals surface area contributed by atoms with Gasteiger partial charge in [0.25, 0.3) is 0 Å². The maximum Gasteiger partial charge on any atom is 0.0170 e. The molecule has 1 aliphatic carbocycles. The van der Waals surface area contributed by atoms with Gasteiger partial charge in [-0.2, -0.15) is 0 Å². The van der Waals surface area contributed by atoms with Crippen LogP contribution in [0.15, 0.2) is 0 Å². The Morgan fingerprint density at radius 3 is 2.08 bits per heavy atom. The number of hydrogen-bond donors (Lipinski definition) is 0. The molecule has 0 aromatic carbocycles. The van der Waals surface area contributed by atoms with Crippen LogP contribution in [0.2, 0.25) is 0 Å². The highest BCUT2D eigenvalue weighted by molar-refractivity contribution is 9.09. The average Bonchev–Trinajstić information content (AvgIpc) is 2.20. The summed E-state index contributed by atoms with van der Waals surface area (Å²) in [5, 5.41) is 0. The Hall–Kier alpha value is 0.440. The van der Waals surface area contributed by atoms with Gasteiger partial charge in [0, 0.05) is 10.9 Å². The third-order valence-electron chi connectivity index (χ3n) is 3.55. The molecule has 0 aromatic heterocycles.